The van der Waals surface area contributed by atoms with Crippen molar-refractivity contribution in [1.29, 1.82) is 0 Å². The number of H-pyrrole nitrogens is 1. The van der Waals surface area contributed by atoms with Crippen molar-refractivity contribution in [2.45, 2.75) is 46.2 Å². The third kappa shape index (κ3) is 4.64. The molecule has 2 aromatic carbocycles. The molecule has 0 aliphatic carbocycles. The van der Waals surface area contributed by atoms with Crippen LogP contribution in [0.25, 0.3) is 0 Å². The van der Waals surface area contributed by atoms with Gasteiger partial charge in [0.15, 0.2) is 0 Å². The van der Waals surface area contributed by atoms with Crippen molar-refractivity contribution in [3.8, 4) is 0 Å². The summed E-state index contributed by atoms with van der Waals surface area (Å²) < 4.78 is 1.41. The molecule has 3 N–H and O–H groups in total. The van der Waals surface area contributed by atoms with Gasteiger partial charge in [-0.25, -0.2) is 4.79 Å². The van der Waals surface area contributed by atoms with E-state index in [1.165, 1.54) is 10.1 Å². The molecule has 0 amide bonds. The van der Waals surface area contributed by atoms with Gasteiger partial charge in [0.25, 0.3) is 5.56 Å². The summed E-state index contributed by atoms with van der Waals surface area (Å²) in [4.78, 5) is 29.4. The Bertz CT molecular complexity index is 1110. The number of nitrogens with one attached hydrogen (secondary N) is 1. The topological polar surface area (TPSA) is 84.1 Å². The van der Waals surface area contributed by atoms with E-state index in [0.717, 1.165) is 11.1 Å². The van der Waals surface area contributed by atoms with E-state index in [2.05, 4.69) is 50.0 Å². The van der Waals surface area contributed by atoms with Crippen molar-refractivity contribution in [1.82, 2.24) is 9.55 Å². The lowest BCUT2D eigenvalue weighted by Gasteiger charge is -2.25. The molecule has 1 aromatic heterocycles. The smallest absolute Gasteiger partial charge is 0.330 e. The van der Waals surface area contributed by atoms with Crippen LogP contribution in [0.1, 0.15) is 44.4 Å². The fourth-order valence-electron chi connectivity index (χ4n) is 3.49. The molecule has 3 aromatic rings. The molecule has 1 heterocycles. The van der Waals surface area contributed by atoms with Crippen LogP contribution in [0.5, 0.6) is 0 Å². The van der Waals surface area contributed by atoms with Crippen molar-refractivity contribution in [3.63, 3.8) is 0 Å². The van der Waals surface area contributed by atoms with E-state index in [1.54, 1.807) is 0 Å². The second-order valence-electron chi connectivity index (χ2n) is 8.53. The van der Waals surface area contributed by atoms with Gasteiger partial charge in [-0.05, 0) is 29.0 Å². The summed E-state index contributed by atoms with van der Waals surface area (Å²) in [6.45, 7) is 9.90. The molecule has 0 radical (unpaired) electrons. The summed E-state index contributed by atoms with van der Waals surface area (Å²) >= 11 is 0. The molecule has 0 bridgehead atoms. The van der Waals surface area contributed by atoms with Crippen molar-refractivity contribution < 1.29 is 0 Å². The first-order valence-electron chi connectivity index (χ1n) is 10.2. The number of nitrogens with zero attached hydrogens (tertiary/aromatic N) is 2. The lowest BCUT2D eigenvalue weighted by molar-refractivity contribution is 0.590. The largest absolute Gasteiger partial charge is 0.383 e. The normalized spacial score (nSPS) is 11.5. The van der Waals surface area contributed by atoms with Gasteiger partial charge in [0.2, 0.25) is 0 Å². The molecule has 0 aliphatic heterocycles. The zero-order valence-corrected chi connectivity index (χ0v) is 18.1. The fourth-order valence-corrected chi connectivity index (χ4v) is 3.49. The van der Waals surface area contributed by atoms with Crippen LogP contribution in [-0.4, -0.2) is 16.1 Å². The van der Waals surface area contributed by atoms with Gasteiger partial charge in [-0.1, -0.05) is 75.4 Å². The molecular formula is C24H30N4O2. The first-order valence-corrected chi connectivity index (χ1v) is 10.2. The molecule has 0 saturated carbocycles. The third-order valence-corrected chi connectivity index (χ3v) is 5.29. The summed E-state index contributed by atoms with van der Waals surface area (Å²) in [5.41, 5.74) is 9.05. The van der Waals surface area contributed by atoms with Gasteiger partial charge in [0, 0.05) is 13.1 Å². The van der Waals surface area contributed by atoms with Gasteiger partial charge in [0.1, 0.15) is 11.5 Å². The number of nitrogen functional groups attached to an aromatic ring is 1. The van der Waals surface area contributed by atoms with Crippen LogP contribution in [0.3, 0.4) is 0 Å². The van der Waals surface area contributed by atoms with Gasteiger partial charge < -0.3 is 10.6 Å². The second kappa shape index (κ2) is 8.61. The standard InChI is InChI=1S/C24H30N4O2/c1-5-27(15-18-11-13-19(14-12-18)24(2,3)4)20-21(25)28(23(30)26-22(20)29)16-17-9-7-6-8-10-17/h6-14H,5,15-16,25H2,1-4H3,(H,26,29,30). The first-order chi connectivity index (χ1) is 14.2. The van der Waals surface area contributed by atoms with Crippen molar-refractivity contribution in [2.75, 3.05) is 17.2 Å². The summed E-state index contributed by atoms with van der Waals surface area (Å²) in [6.07, 6.45) is 0. The Morgan fingerprint density at radius 1 is 0.967 bits per heavy atom. The molecular weight excluding hydrogens is 376 g/mol. The SMILES string of the molecule is CCN(Cc1ccc(C(C)(C)C)cc1)c1c(N)n(Cc2ccccc2)c(=O)[nH]c1=O. The summed E-state index contributed by atoms with van der Waals surface area (Å²) in [5, 5.41) is 0. The molecule has 0 spiro atoms. The number of hydrogen-bond donors (Lipinski definition) is 2. The zero-order chi connectivity index (χ0) is 21.9. The quantitative estimate of drug-likeness (QED) is 0.656. The van der Waals surface area contributed by atoms with Crippen molar-refractivity contribution >= 4 is 11.5 Å². The minimum atomic E-state index is -0.504. The first kappa shape index (κ1) is 21.4. The number of anilines is 2. The third-order valence-electron chi connectivity index (χ3n) is 5.29. The van der Waals surface area contributed by atoms with Crippen LogP contribution in [-0.2, 0) is 18.5 Å². The number of rotatable bonds is 6. The Kier molecular flexibility index (Phi) is 6.15. The highest BCUT2D eigenvalue weighted by molar-refractivity contribution is 5.62. The maximum Gasteiger partial charge on any atom is 0.330 e. The summed E-state index contributed by atoms with van der Waals surface area (Å²) in [7, 11) is 0. The fraction of sp³-hybridized carbons (Fsp3) is 0.333. The van der Waals surface area contributed by atoms with Crippen LogP contribution in [0.2, 0.25) is 0 Å². The highest BCUT2D eigenvalue weighted by atomic mass is 16.2. The predicted molar refractivity (Wildman–Crippen MR) is 123 cm³/mol. The van der Waals surface area contributed by atoms with Crippen LogP contribution >= 0.6 is 0 Å². The van der Waals surface area contributed by atoms with Crippen LogP contribution in [0.4, 0.5) is 11.5 Å². The predicted octanol–water partition coefficient (Wildman–Crippen LogP) is 3.49. The molecule has 0 fully saturated rings. The van der Waals surface area contributed by atoms with Crippen LogP contribution in [0, 0.1) is 0 Å². The molecule has 0 unspecified atom stereocenters. The summed E-state index contributed by atoms with van der Waals surface area (Å²) in [5.74, 6) is 0.181. The Balaban J connectivity index is 1.95. The van der Waals surface area contributed by atoms with E-state index < -0.39 is 11.2 Å². The number of hydrogen-bond acceptors (Lipinski definition) is 4. The van der Waals surface area contributed by atoms with Gasteiger partial charge in [0.05, 0.1) is 6.54 Å². The van der Waals surface area contributed by atoms with Gasteiger partial charge in [-0.3, -0.25) is 14.3 Å². The lowest BCUT2D eigenvalue weighted by atomic mass is 9.87. The lowest BCUT2D eigenvalue weighted by Crippen LogP contribution is -2.38. The average molecular weight is 407 g/mol. The maximum atomic E-state index is 12.7. The molecule has 0 aliphatic rings. The highest BCUT2D eigenvalue weighted by Gasteiger charge is 2.19. The van der Waals surface area contributed by atoms with Gasteiger partial charge in [-0.2, -0.15) is 0 Å². The number of nitrogens with two attached hydrogens (primary N) is 1. The molecule has 0 atom stereocenters. The van der Waals surface area contributed by atoms with E-state index in [1.807, 2.05) is 42.2 Å². The zero-order valence-electron chi connectivity index (χ0n) is 18.1. The van der Waals surface area contributed by atoms with Crippen LogP contribution < -0.4 is 21.9 Å². The number of benzene rings is 2. The monoisotopic (exact) mass is 406 g/mol. The second-order valence-corrected chi connectivity index (χ2v) is 8.53. The molecule has 3 rings (SSSR count). The molecule has 6 nitrogen and oxygen atoms in total. The van der Waals surface area contributed by atoms with E-state index in [4.69, 9.17) is 5.73 Å². The van der Waals surface area contributed by atoms with Crippen LogP contribution in [0.15, 0.2) is 64.2 Å². The Morgan fingerprint density at radius 3 is 2.17 bits per heavy atom. The van der Waals surface area contributed by atoms with E-state index in [9.17, 15) is 9.59 Å². The Labute approximate surface area is 177 Å². The van der Waals surface area contributed by atoms with Gasteiger partial charge in [-0.15, -0.1) is 0 Å². The maximum absolute atomic E-state index is 12.7. The highest BCUT2D eigenvalue weighted by Crippen LogP contribution is 2.24. The summed E-state index contributed by atoms with van der Waals surface area (Å²) in [6, 6.07) is 18.0. The number of aromatic amines is 1. The Hall–Kier alpha value is -3.28. The minimum absolute atomic E-state index is 0.0808. The van der Waals surface area contributed by atoms with Crippen molar-refractivity contribution in [2.24, 2.45) is 0 Å². The van der Waals surface area contributed by atoms with Crippen molar-refractivity contribution in [3.05, 3.63) is 92.1 Å². The average Bonchev–Trinajstić information content (AvgIpc) is 2.70. The Morgan fingerprint density at radius 2 is 1.60 bits per heavy atom. The molecule has 6 heteroatoms. The van der Waals surface area contributed by atoms with E-state index >= 15 is 0 Å². The molecule has 0 saturated heterocycles. The molecule has 30 heavy (non-hydrogen) atoms. The van der Waals surface area contributed by atoms with Gasteiger partial charge >= 0.3 is 5.69 Å². The van der Waals surface area contributed by atoms with E-state index in [-0.39, 0.29) is 11.2 Å². The number of aromatic nitrogens is 2. The van der Waals surface area contributed by atoms with E-state index in [0.29, 0.717) is 25.3 Å². The minimum Gasteiger partial charge on any atom is -0.383 e. The molecule has 158 valence electrons.